The molecule has 9 heteroatoms. The first-order valence-corrected chi connectivity index (χ1v) is 11.9. The van der Waals surface area contributed by atoms with Gasteiger partial charge in [0.15, 0.2) is 0 Å². The van der Waals surface area contributed by atoms with E-state index in [1.807, 2.05) is 44.3 Å². The lowest BCUT2D eigenvalue weighted by Crippen LogP contribution is -2.37. The number of nitriles is 1. The summed E-state index contributed by atoms with van der Waals surface area (Å²) in [5.74, 6) is 0.612. The number of anilines is 1. The number of nitrogens with one attached hydrogen (secondary N) is 1. The average Bonchev–Trinajstić information content (AvgIpc) is 3.40. The van der Waals surface area contributed by atoms with E-state index in [1.54, 1.807) is 22.9 Å². The third kappa shape index (κ3) is 5.13. The highest BCUT2D eigenvalue weighted by Gasteiger charge is 2.28. The standard InChI is InChI=1S/C25H27N5O3S/c1-16(18-5-4-6-19(10-18)33-3)9-23(31)28-25-21(11-26)20-7-8-30(13-22(20)34-25)24(32)14-29-12-17(2)27-15-29/h4-6,10,12,15-16H,7-9,13-14H2,1-3H3,(H,28,31). The fourth-order valence-corrected chi connectivity index (χ4v) is 5.39. The van der Waals surface area contributed by atoms with Crippen molar-refractivity contribution in [1.82, 2.24) is 14.5 Å². The van der Waals surface area contributed by atoms with E-state index in [-0.39, 0.29) is 30.7 Å². The molecule has 3 aromatic rings. The molecule has 1 aliphatic heterocycles. The average molecular weight is 478 g/mol. The molecular weight excluding hydrogens is 450 g/mol. The number of benzene rings is 1. The van der Waals surface area contributed by atoms with Gasteiger partial charge in [-0.25, -0.2) is 4.98 Å². The van der Waals surface area contributed by atoms with Crippen molar-refractivity contribution in [3.8, 4) is 11.8 Å². The van der Waals surface area contributed by atoms with Gasteiger partial charge < -0.3 is 19.5 Å². The van der Waals surface area contributed by atoms with E-state index in [2.05, 4.69) is 16.4 Å². The predicted molar refractivity (Wildman–Crippen MR) is 130 cm³/mol. The molecule has 0 radical (unpaired) electrons. The number of thiophene rings is 1. The van der Waals surface area contributed by atoms with Crippen LogP contribution in [0.15, 0.2) is 36.8 Å². The Balaban J connectivity index is 1.42. The molecule has 8 nitrogen and oxygen atoms in total. The number of hydrogen-bond donors (Lipinski definition) is 1. The Morgan fingerprint density at radius 1 is 1.38 bits per heavy atom. The van der Waals surface area contributed by atoms with E-state index >= 15 is 0 Å². The van der Waals surface area contributed by atoms with Crippen molar-refractivity contribution < 1.29 is 14.3 Å². The van der Waals surface area contributed by atoms with Crippen molar-refractivity contribution in [1.29, 1.82) is 5.26 Å². The smallest absolute Gasteiger partial charge is 0.242 e. The molecule has 1 N–H and O–H groups in total. The van der Waals surface area contributed by atoms with E-state index in [1.165, 1.54) is 11.3 Å². The van der Waals surface area contributed by atoms with Gasteiger partial charge >= 0.3 is 0 Å². The molecule has 2 amide bonds. The van der Waals surface area contributed by atoms with E-state index in [9.17, 15) is 14.9 Å². The first-order valence-electron chi connectivity index (χ1n) is 11.1. The maximum absolute atomic E-state index is 12.8. The van der Waals surface area contributed by atoms with Gasteiger partial charge in [0.05, 0.1) is 31.2 Å². The minimum atomic E-state index is -0.145. The van der Waals surface area contributed by atoms with Crippen LogP contribution in [0.2, 0.25) is 0 Å². The van der Waals surface area contributed by atoms with Crippen LogP contribution < -0.4 is 10.1 Å². The van der Waals surface area contributed by atoms with Crippen molar-refractivity contribution in [3.05, 3.63) is 64.1 Å². The van der Waals surface area contributed by atoms with Crippen LogP contribution in [-0.4, -0.2) is 39.9 Å². The summed E-state index contributed by atoms with van der Waals surface area (Å²) >= 11 is 1.39. The molecule has 1 aliphatic rings. The Morgan fingerprint density at radius 2 is 2.21 bits per heavy atom. The third-order valence-corrected chi connectivity index (χ3v) is 7.14. The number of aromatic nitrogens is 2. The van der Waals surface area contributed by atoms with Crippen LogP contribution in [0.1, 0.15) is 46.5 Å². The first kappa shape index (κ1) is 23.5. The molecular formula is C25H27N5O3S. The second-order valence-corrected chi connectivity index (χ2v) is 9.61. The molecule has 2 aromatic heterocycles. The van der Waals surface area contributed by atoms with Gasteiger partial charge in [-0.2, -0.15) is 5.26 Å². The monoisotopic (exact) mass is 477 g/mol. The highest BCUT2D eigenvalue weighted by atomic mass is 32.1. The largest absolute Gasteiger partial charge is 0.497 e. The number of methoxy groups -OCH3 is 1. The van der Waals surface area contributed by atoms with Crippen molar-refractivity contribution in [2.75, 3.05) is 19.0 Å². The Hall–Kier alpha value is -3.64. The number of ether oxygens (including phenoxy) is 1. The van der Waals surface area contributed by atoms with E-state index in [0.717, 1.165) is 27.4 Å². The molecule has 0 saturated heterocycles. The molecule has 3 heterocycles. The summed E-state index contributed by atoms with van der Waals surface area (Å²) in [7, 11) is 1.62. The van der Waals surface area contributed by atoms with Crippen molar-refractivity contribution in [2.24, 2.45) is 0 Å². The van der Waals surface area contributed by atoms with E-state index in [4.69, 9.17) is 4.74 Å². The van der Waals surface area contributed by atoms with Gasteiger partial charge in [0.1, 0.15) is 23.4 Å². The topological polar surface area (TPSA) is 100 Å². The lowest BCUT2D eigenvalue weighted by molar-refractivity contribution is -0.132. The number of carbonyl (C=O) groups excluding carboxylic acids is 2. The molecule has 1 aromatic carbocycles. The molecule has 0 aliphatic carbocycles. The first-order chi connectivity index (χ1) is 16.4. The quantitative estimate of drug-likeness (QED) is 0.557. The number of rotatable bonds is 7. The number of aryl methyl sites for hydroxylation is 1. The third-order valence-electron chi connectivity index (χ3n) is 6.01. The Kier molecular flexibility index (Phi) is 6.98. The highest BCUT2D eigenvalue weighted by Crippen LogP contribution is 2.37. The van der Waals surface area contributed by atoms with Gasteiger partial charge in [0.25, 0.3) is 0 Å². The number of nitrogens with zero attached hydrogens (tertiary/aromatic N) is 4. The summed E-state index contributed by atoms with van der Waals surface area (Å²) in [6.07, 6.45) is 4.38. The van der Waals surface area contributed by atoms with Crippen molar-refractivity contribution >= 4 is 28.2 Å². The zero-order valence-electron chi connectivity index (χ0n) is 19.5. The van der Waals surface area contributed by atoms with Gasteiger partial charge in [-0.05, 0) is 42.5 Å². The molecule has 1 unspecified atom stereocenters. The van der Waals surface area contributed by atoms with Crippen LogP contribution in [0.5, 0.6) is 5.75 Å². The number of carbonyl (C=O) groups is 2. The number of amides is 2. The number of hydrogen-bond acceptors (Lipinski definition) is 6. The summed E-state index contributed by atoms with van der Waals surface area (Å²) in [6, 6.07) is 9.94. The molecule has 0 saturated carbocycles. The summed E-state index contributed by atoms with van der Waals surface area (Å²) in [5, 5.41) is 13.3. The SMILES string of the molecule is COc1cccc(C(C)CC(=O)Nc2sc3c(c2C#N)CCN(C(=O)Cn2cnc(C)c2)C3)c1. The van der Waals surface area contributed by atoms with Crippen LogP contribution in [-0.2, 0) is 29.1 Å². The van der Waals surface area contributed by atoms with E-state index < -0.39 is 0 Å². The Labute approximate surface area is 202 Å². The lowest BCUT2D eigenvalue weighted by Gasteiger charge is -2.27. The van der Waals surface area contributed by atoms with Crippen LogP contribution in [0.3, 0.4) is 0 Å². The van der Waals surface area contributed by atoms with Crippen molar-refractivity contribution in [3.63, 3.8) is 0 Å². The number of imidazole rings is 1. The van der Waals surface area contributed by atoms with E-state index in [0.29, 0.717) is 30.1 Å². The highest BCUT2D eigenvalue weighted by molar-refractivity contribution is 7.16. The summed E-state index contributed by atoms with van der Waals surface area (Å²) in [4.78, 5) is 32.5. The molecule has 0 fully saturated rings. The van der Waals surface area contributed by atoms with Crippen LogP contribution in [0, 0.1) is 18.3 Å². The molecule has 4 rings (SSSR count). The van der Waals surface area contributed by atoms with Crippen LogP contribution >= 0.6 is 11.3 Å². The normalized spacial score (nSPS) is 13.6. The van der Waals surface area contributed by atoms with Gasteiger partial charge in [0, 0.05) is 24.0 Å². The zero-order valence-corrected chi connectivity index (χ0v) is 20.3. The summed E-state index contributed by atoms with van der Waals surface area (Å²) < 4.78 is 7.05. The fourth-order valence-electron chi connectivity index (χ4n) is 4.16. The number of fused-ring (bicyclic) bond motifs is 1. The van der Waals surface area contributed by atoms with Gasteiger partial charge in [0.2, 0.25) is 11.8 Å². The summed E-state index contributed by atoms with van der Waals surface area (Å²) in [5.41, 5.74) is 3.33. The van der Waals surface area contributed by atoms with Crippen molar-refractivity contribution in [2.45, 2.75) is 45.7 Å². The summed E-state index contributed by atoms with van der Waals surface area (Å²) in [6.45, 7) is 5.10. The van der Waals surface area contributed by atoms with Crippen LogP contribution in [0.25, 0.3) is 0 Å². The second kappa shape index (κ2) is 10.1. The maximum Gasteiger partial charge on any atom is 0.242 e. The Morgan fingerprint density at radius 3 is 2.91 bits per heavy atom. The zero-order chi connectivity index (χ0) is 24.2. The van der Waals surface area contributed by atoms with Gasteiger partial charge in [-0.1, -0.05) is 19.1 Å². The minimum absolute atomic E-state index is 0.00449. The Bertz CT molecular complexity index is 1260. The van der Waals surface area contributed by atoms with Gasteiger partial charge in [-0.15, -0.1) is 11.3 Å². The maximum atomic E-state index is 12.8. The molecule has 176 valence electrons. The molecule has 0 bridgehead atoms. The molecule has 34 heavy (non-hydrogen) atoms. The second-order valence-electron chi connectivity index (χ2n) is 8.50. The molecule has 0 spiro atoms. The fraction of sp³-hybridized carbons (Fsp3) is 0.360. The van der Waals surface area contributed by atoms with Crippen LogP contribution in [0.4, 0.5) is 5.00 Å². The lowest BCUT2D eigenvalue weighted by atomic mass is 9.97. The van der Waals surface area contributed by atoms with Gasteiger partial charge in [-0.3, -0.25) is 9.59 Å². The minimum Gasteiger partial charge on any atom is -0.497 e. The molecule has 1 atom stereocenters. The predicted octanol–water partition coefficient (Wildman–Crippen LogP) is 3.85.